The Morgan fingerprint density at radius 1 is 1.16 bits per heavy atom. The third-order valence-electron chi connectivity index (χ3n) is 2.59. The van der Waals surface area contributed by atoms with Crippen molar-refractivity contribution in [3.05, 3.63) is 0 Å². The molecule has 0 radical (unpaired) electrons. The highest BCUT2D eigenvalue weighted by Crippen LogP contribution is 2.23. The van der Waals surface area contributed by atoms with E-state index in [-0.39, 0.29) is 24.0 Å². The van der Waals surface area contributed by atoms with E-state index in [1.165, 1.54) is 0 Å². The van der Waals surface area contributed by atoms with Crippen molar-refractivity contribution in [2.45, 2.75) is 60.4 Å². The molecule has 0 aromatic carbocycles. The van der Waals surface area contributed by atoms with Gasteiger partial charge in [0.05, 0.1) is 6.61 Å². The van der Waals surface area contributed by atoms with E-state index in [9.17, 15) is 9.59 Å². The van der Waals surface area contributed by atoms with Gasteiger partial charge in [0.25, 0.3) is 0 Å². The van der Waals surface area contributed by atoms with E-state index < -0.39 is 11.5 Å². The van der Waals surface area contributed by atoms with Crippen molar-refractivity contribution < 1.29 is 14.3 Å². The van der Waals surface area contributed by atoms with Gasteiger partial charge < -0.3 is 15.8 Å². The van der Waals surface area contributed by atoms with Crippen LogP contribution in [0.4, 0.5) is 4.79 Å². The fraction of sp³-hybridized carbons (Fsp3) is 0.857. The van der Waals surface area contributed by atoms with Crippen LogP contribution >= 0.6 is 0 Å². The van der Waals surface area contributed by atoms with Crippen molar-refractivity contribution in [3.63, 3.8) is 0 Å². The summed E-state index contributed by atoms with van der Waals surface area (Å²) in [6, 6.07) is -0.0222. The lowest BCUT2D eigenvalue weighted by Crippen LogP contribution is -2.43. The minimum atomic E-state index is -0.781. The maximum Gasteiger partial charge on any atom is 0.404 e. The quantitative estimate of drug-likeness (QED) is 0.806. The van der Waals surface area contributed by atoms with Crippen LogP contribution in [-0.2, 0) is 9.53 Å². The van der Waals surface area contributed by atoms with Crippen molar-refractivity contribution in [2.24, 2.45) is 16.6 Å². The van der Waals surface area contributed by atoms with Gasteiger partial charge >= 0.3 is 6.09 Å². The largest absolute Gasteiger partial charge is 0.450 e. The molecule has 0 saturated heterocycles. The summed E-state index contributed by atoms with van der Waals surface area (Å²) in [6.45, 7) is 12.2. The first-order chi connectivity index (χ1) is 8.42. The molecule has 0 saturated carbocycles. The first-order valence-corrected chi connectivity index (χ1v) is 6.65. The molecule has 0 spiro atoms. The third kappa shape index (κ3) is 9.33. The van der Waals surface area contributed by atoms with Gasteiger partial charge in [-0.3, -0.25) is 4.79 Å². The van der Waals surface area contributed by atoms with Crippen LogP contribution < -0.4 is 11.1 Å². The summed E-state index contributed by atoms with van der Waals surface area (Å²) < 4.78 is 4.74. The molecule has 112 valence electrons. The molecule has 5 heteroatoms. The Kier molecular flexibility index (Phi) is 6.33. The Hall–Kier alpha value is -1.26. The number of carbonyl (C=O) groups excluding carboxylic acids is 2. The summed E-state index contributed by atoms with van der Waals surface area (Å²) in [7, 11) is 0. The molecule has 0 fully saturated rings. The van der Waals surface area contributed by atoms with E-state index >= 15 is 0 Å². The number of nitrogens with one attached hydrogen (secondary N) is 1. The number of carbonyl (C=O) groups is 2. The van der Waals surface area contributed by atoms with E-state index in [2.05, 4.69) is 26.1 Å². The van der Waals surface area contributed by atoms with Crippen molar-refractivity contribution >= 4 is 12.0 Å². The van der Waals surface area contributed by atoms with Crippen LogP contribution in [0.3, 0.4) is 0 Å². The van der Waals surface area contributed by atoms with Gasteiger partial charge in [-0.15, -0.1) is 0 Å². The molecule has 0 bridgehead atoms. The molecule has 2 amide bonds. The molecule has 0 heterocycles. The van der Waals surface area contributed by atoms with Crippen LogP contribution in [0.2, 0.25) is 0 Å². The number of primary amides is 1. The lowest BCUT2D eigenvalue weighted by Gasteiger charge is -2.29. The number of hydrogen-bond acceptors (Lipinski definition) is 3. The van der Waals surface area contributed by atoms with Gasteiger partial charge in [-0.05, 0) is 11.8 Å². The van der Waals surface area contributed by atoms with Crippen molar-refractivity contribution in [1.82, 2.24) is 5.32 Å². The number of ether oxygens (including phenoxy) is 1. The molecule has 0 aliphatic heterocycles. The van der Waals surface area contributed by atoms with Crippen LogP contribution in [0.15, 0.2) is 0 Å². The third-order valence-corrected chi connectivity index (χ3v) is 2.59. The highest BCUT2D eigenvalue weighted by atomic mass is 16.5. The zero-order chi connectivity index (χ0) is 15.3. The van der Waals surface area contributed by atoms with Gasteiger partial charge in [0.2, 0.25) is 5.91 Å². The molecule has 0 rings (SSSR count). The molecule has 19 heavy (non-hydrogen) atoms. The minimum absolute atomic E-state index is 0.000764. The zero-order valence-corrected chi connectivity index (χ0v) is 13.0. The first-order valence-electron chi connectivity index (χ1n) is 6.65. The number of amides is 2. The predicted molar refractivity (Wildman–Crippen MR) is 75.6 cm³/mol. The monoisotopic (exact) mass is 272 g/mol. The van der Waals surface area contributed by atoms with Crippen molar-refractivity contribution in [2.75, 3.05) is 6.61 Å². The van der Waals surface area contributed by atoms with Crippen molar-refractivity contribution in [1.29, 1.82) is 0 Å². The highest BCUT2D eigenvalue weighted by Gasteiger charge is 2.26. The van der Waals surface area contributed by atoms with E-state index in [0.29, 0.717) is 6.42 Å². The average Bonchev–Trinajstić information content (AvgIpc) is 2.12. The molecule has 3 N–H and O–H groups in total. The van der Waals surface area contributed by atoms with E-state index in [4.69, 9.17) is 10.5 Å². The van der Waals surface area contributed by atoms with Crippen LogP contribution in [0.1, 0.15) is 54.4 Å². The Bertz CT molecular complexity index is 314. The number of nitrogens with two attached hydrogens (primary N) is 1. The smallest absolute Gasteiger partial charge is 0.404 e. The van der Waals surface area contributed by atoms with Crippen molar-refractivity contribution in [3.8, 4) is 0 Å². The molecule has 1 unspecified atom stereocenters. The number of hydrogen-bond donors (Lipinski definition) is 2. The Labute approximate surface area is 116 Å². The van der Waals surface area contributed by atoms with Gasteiger partial charge in [-0.1, -0.05) is 41.5 Å². The average molecular weight is 272 g/mol. The van der Waals surface area contributed by atoms with E-state index in [1.807, 2.05) is 20.8 Å². The minimum Gasteiger partial charge on any atom is -0.450 e. The number of rotatable bonds is 5. The first kappa shape index (κ1) is 17.7. The summed E-state index contributed by atoms with van der Waals surface area (Å²) in [5.74, 6) is 0.000764. The summed E-state index contributed by atoms with van der Waals surface area (Å²) >= 11 is 0. The molecule has 0 aliphatic carbocycles. The lowest BCUT2D eigenvalue weighted by molar-refractivity contribution is -0.129. The lowest BCUT2D eigenvalue weighted by atomic mass is 9.86. The van der Waals surface area contributed by atoms with Gasteiger partial charge in [-0.25, -0.2) is 4.79 Å². The molecule has 0 aromatic heterocycles. The molecular formula is C14H28N2O3. The Morgan fingerprint density at radius 2 is 1.68 bits per heavy atom. The zero-order valence-electron chi connectivity index (χ0n) is 13.0. The Balaban J connectivity index is 4.50. The predicted octanol–water partition coefficient (Wildman–Crippen LogP) is 2.44. The van der Waals surface area contributed by atoms with Crippen LogP contribution in [-0.4, -0.2) is 24.6 Å². The molecule has 5 nitrogen and oxygen atoms in total. The Morgan fingerprint density at radius 3 is 2.05 bits per heavy atom. The second kappa shape index (κ2) is 6.78. The standard InChI is InChI=1S/C14H28N2O3/c1-13(2,3)9-10(7-8-19-12(15)18)16-11(17)14(4,5)6/h10H,7-9H2,1-6H3,(H2,15,18)(H,16,17). The van der Waals surface area contributed by atoms with Gasteiger partial charge in [-0.2, -0.15) is 0 Å². The fourth-order valence-electron chi connectivity index (χ4n) is 1.67. The SMILES string of the molecule is CC(C)(C)CC(CCOC(N)=O)NC(=O)C(C)(C)C. The van der Waals surface area contributed by atoms with Crippen LogP contribution in [0, 0.1) is 10.8 Å². The summed E-state index contributed by atoms with van der Waals surface area (Å²) in [4.78, 5) is 22.6. The summed E-state index contributed by atoms with van der Waals surface area (Å²) in [6.07, 6.45) is 0.607. The molecule has 0 aliphatic rings. The maximum atomic E-state index is 12.0. The van der Waals surface area contributed by atoms with Crippen LogP contribution in [0.5, 0.6) is 0 Å². The van der Waals surface area contributed by atoms with Crippen LogP contribution in [0.25, 0.3) is 0 Å². The van der Waals surface area contributed by atoms with Gasteiger partial charge in [0.15, 0.2) is 0 Å². The van der Waals surface area contributed by atoms with Gasteiger partial charge in [0, 0.05) is 17.9 Å². The van der Waals surface area contributed by atoms with Gasteiger partial charge in [0.1, 0.15) is 0 Å². The molecular weight excluding hydrogens is 244 g/mol. The second-order valence-electron chi connectivity index (χ2n) is 7.14. The molecule has 0 aromatic rings. The maximum absolute atomic E-state index is 12.0. The normalized spacial score (nSPS) is 13.8. The fourth-order valence-corrected chi connectivity index (χ4v) is 1.67. The van der Waals surface area contributed by atoms with E-state index in [0.717, 1.165) is 6.42 Å². The summed E-state index contributed by atoms with van der Waals surface area (Å²) in [5, 5.41) is 3.02. The van der Waals surface area contributed by atoms with E-state index in [1.54, 1.807) is 0 Å². The topological polar surface area (TPSA) is 81.4 Å². The second-order valence-corrected chi connectivity index (χ2v) is 7.14. The highest BCUT2D eigenvalue weighted by molar-refractivity contribution is 5.81. The molecule has 1 atom stereocenters. The summed E-state index contributed by atoms with van der Waals surface area (Å²) in [5.41, 5.74) is 4.58.